The minimum Gasteiger partial charge on any atom is -0.391 e. The van der Waals surface area contributed by atoms with Crippen LogP contribution in [0.4, 0.5) is 0 Å². The number of thiazole rings is 1. The molecule has 144 valence electrons. The van der Waals surface area contributed by atoms with Gasteiger partial charge in [0, 0.05) is 23.7 Å². The summed E-state index contributed by atoms with van der Waals surface area (Å²) < 4.78 is 1.79. The van der Waals surface area contributed by atoms with Crippen molar-refractivity contribution in [1.29, 1.82) is 0 Å². The van der Waals surface area contributed by atoms with E-state index in [1.165, 1.54) is 11.3 Å². The fourth-order valence-corrected chi connectivity index (χ4v) is 4.24. The predicted molar refractivity (Wildman–Crippen MR) is 110 cm³/mol. The summed E-state index contributed by atoms with van der Waals surface area (Å²) in [6, 6.07) is 9.71. The highest BCUT2D eigenvalue weighted by Crippen LogP contribution is 2.29. The fraction of sp³-hybridized carbons (Fsp3) is 0.286. The summed E-state index contributed by atoms with van der Waals surface area (Å²) in [7, 11) is 0. The lowest BCUT2D eigenvalue weighted by Crippen LogP contribution is -2.37. The second-order valence-corrected chi connectivity index (χ2v) is 7.78. The van der Waals surface area contributed by atoms with E-state index >= 15 is 0 Å². The van der Waals surface area contributed by atoms with E-state index in [1.54, 1.807) is 21.2 Å². The highest BCUT2D eigenvalue weighted by molar-refractivity contribution is 7.13. The first-order valence-electron chi connectivity index (χ1n) is 9.29. The Labute approximate surface area is 167 Å². The number of aliphatic hydroxyl groups is 1. The number of rotatable bonds is 5. The highest BCUT2D eigenvalue weighted by atomic mass is 32.1. The summed E-state index contributed by atoms with van der Waals surface area (Å²) in [5.41, 5.74) is 3.19. The van der Waals surface area contributed by atoms with Crippen LogP contribution in [-0.4, -0.2) is 49.4 Å². The van der Waals surface area contributed by atoms with E-state index < -0.39 is 6.10 Å². The lowest BCUT2D eigenvalue weighted by molar-refractivity contribution is 0.0727. The Morgan fingerprint density at radius 1 is 1.36 bits per heavy atom. The molecule has 7 heteroatoms. The number of hydrogen-bond acceptors (Lipinski definition) is 5. The highest BCUT2D eigenvalue weighted by Gasteiger charge is 2.36. The number of β-amino-alcohol motifs (C(OH)–C–C–N with tert-alkyl or cyclic N) is 1. The number of aromatic nitrogens is 3. The molecule has 2 atom stereocenters. The number of carbonyl (C=O) groups is 1. The average molecular weight is 394 g/mol. The van der Waals surface area contributed by atoms with Crippen LogP contribution < -0.4 is 0 Å². The molecule has 1 aliphatic rings. The van der Waals surface area contributed by atoms with E-state index in [9.17, 15) is 9.90 Å². The molecule has 0 radical (unpaired) electrons. The van der Waals surface area contributed by atoms with Crippen molar-refractivity contribution in [2.75, 3.05) is 6.54 Å². The molecular weight excluding hydrogens is 372 g/mol. The van der Waals surface area contributed by atoms with Gasteiger partial charge >= 0.3 is 0 Å². The zero-order valence-corrected chi connectivity index (χ0v) is 16.5. The van der Waals surface area contributed by atoms with Crippen LogP contribution in [0.1, 0.15) is 30.3 Å². The first-order valence-corrected chi connectivity index (χ1v) is 10.2. The van der Waals surface area contributed by atoms with Crippen LogP contribution >= 0.6 is 11.3 Å². The van der Waals surface area contributed by atoms with Crippen molar-refractivity contribution in [1.82, 2.24) is 19.7 Å². The van der Waals surface area contributed by atoms with Crippen molar-refractivity contribution in [3.63, 3.8) is 0 Å². The van der Waals surface area contributed by atoms with Gasteiger partial charge in [-0.25, -0.2) is 9.67 Å². The second kappa shape index (κ2) is 7.69. The lowest BCUT2D eigenvalue weighted by atomic mass is 10.0. The minimum absolute atomic E-state index is 0.126. The summed E-state index contributed by atoms with van der Waals surface area (Å²) in [4.78, 5) is 19.2. The molecule has 4 rings (SSSR count). The summed E-state index contributed by atoms with van der Waals surface area (Å²) >= 11 is 1.42. The molecule has 3 aromatic rings. The van der Waals surface area contributed by atoms with E-state index in [2.05, 4.69) is 16.7 Å². The maximum absolute atomic E-state index is 13.0. The molecule has 0 spiro atoms. The number of nitrogens with zero attached hydrogens (tertiary/aromatic N) is 4. The predicted octanol–water partition coefficient (Wildman–Crippen LogP) is 3.54. The number of carbonyl (C=O) groups excluding carboxylic acids is 1. The van der Waals surface area contributed by atoms with Crippen molar-refractivity contribution in [3.05, 3.63) is 66.0 Å². The second-order valence-electron chi connectivity index (χ2n) is 6.92. The van der Waals surface area contributed by atoms with Crippen LogP contribution in [0.3, 0.4) is 0 Å². The normalized spacial score (nSPS) is 19.1. The van der Waals surface area contributed by atoms with Gasteiger partial charge < -0.3 is 10.0 Å². The van der Waals surface area contributed by atoms with Crippen molar-refractivity contribution < 1.29 is 9.90 Å². The van der Waals surface area contributed by atoms with Crippen molar-refractivity contribution in [2.24, 2.45) is 0 Å². The molecule has 3 heterocycles. The maximum Gasteiger partial charge on any atom is 0.273 e. The maximum atomic E-state index is 13.0. The number of aliphatic hydroxyl groups excluding tert-OH is 1. The molecular formula is C21H22N4O2S. The lowest BCUT2D eigenvalue weighted by Gasteiger charge is -2.24. The molecule has 2 unspecified atom stereocenters. The molecule has 1 N–H and O–H groups in total. The summed E-state index contributed by atoms with van der Waals surface area (Å²) in [5, 5.41) is 17.0. The average Bonchev–Trinajstić information content (AvgIpc) is 3.46. The Morgan fingerprint density at radius 3 is 2.89 bits per heavy atom. The minimum atomic E-state index is -0.514. The Balaban J connectivity index is 1.55. The van der Waals surface area contributed by atoms with E-state index in [4.69, 9.17) is 0 Å². The Hall–Kier alpha value is -2.77. The molecule has 2 aromatic heterocycles. The molecule has 1 saturated heterocycles. The third-order valence-corrected chi connectivity index (χ3v) is 5.93. The van der Waals surface area contributed by atoms with Gasteiger partial charge in [-0.2, -0.15) is 5.10 Å². The van der Waals surface area contributed by atoms with Gasteiger partial charge in [0.25, 0.3) is 5.91 Å². The standard InChI is InChI=1S/C21H22N4O2S/c1-3-14(2)19-9-17(26)12-24(19)21(27)18-13-28-20(23-18)15-10-22-25(11-15)16-7-5-4-6-8-16/h4-8,10-11,13,17,19,26H,2-3,9,12H2,1H3. The van der Waals surface area contributed by atoms with Crippen LogP contribution in [0.2, 0.25) is 0 Å². The van der Waals surface area contributed by atoms with E-state index in [0.717, 1.165) is 28.3 Å². The smallest absolute Gasteiger partial charge is 0.273 e. The zero-order chi connectivity index (χ0) is 19.7. The van der Waals surface area contributed by atoms with Crippen molar-refractivity contribution in [3.8, 4) is 16.3 Å². The van der Waals surface area contributed by atoms with Crippen LogP contribution in [0.5, 0.6) is 0 Å². The van der Waals surface area contributed by atoms with E-state index in [1.807, 2.05) is 43.5 Å². The monoisotopic (exact) mass is 394 g/mol. The van der Waals surface area contributed by atoms with Gasteiger partial charge in [-0.1, -0.05) is 37.3 Å². The molecule has 1 amide bonds. The molecule has 0 saturated carbocycles. The number of hydrogen-bond donors (Lipinski definition) is 1. The molecule has 28 heavy (non-hydrogen) atoms. The van der Waals surface area contributed by atoms with Gasteiger partial charge in [0.1, 0.15) is 10.7 Å². The number of benzene rings is 1. The largest absolute Gasteiger partial charge is 0.391 e. The summed E-state index contributed by atoms with van der Waals surface area (Å²) in [6.45, 7) is 6.40. The zero-order valence-electron chi connectivity index (χ0n) is 15.7. The van der Waals surface area contributed by atoms with Gasteiger partial charge in [-0.15, -0.1) is 11.3 Å². The first kappa shape index (κ1) is 18.6. The van der Waals surface area contributed by atoms with Gasteiger partial charge in [-0.05, 0) is 25.0 Å². The number of likely N-dealkylation sites (tertiary alicyclic amines) is 1. The molecule has 1 aromatic carbocycles. The van der Waals surface area contributed by atoms with Crippen LogP contribution in [0.15, 0.2) is 60.3 Å². The summed E-state index contributed by atoms with van der Waals surface area (Å²) in [5.74, 6) is -0.158. The SMILES string of the molecule is C=C(CC)C1CC(O)CN1C(=O)c1csc(-c2cnn(-c3ccccc3)c2)n1. The number of para-hydroxylation sites is 1. The van der Waals surface area contributed by atoms with Crippen LogP contribution in [0, 0.1) is 0 Å². The number of amides is 1. The van der Waals surface area contributed by atoms with Crippen LogP contribution in [-0.2, 0) is 0 Å². The molecule has 1 fully saturated rings. The van der Waals surface area contributed by atoms with E-state index in [-0.39, 0.29) is 11.9 Å². The molecule has 1 aliphatic heterocycles. The quantitative estimate of drug-likeness (QED) is 0.672. The molecule has 0 aliphatic carbocycles. The molecule has 0 bridgehead atoms. The molecule has 6 nitrogen and oxygen atoms in total. The van der Waals surface area contributed by atoms with E-state index in [0.29, 0.717) is 18.7 Å². The van der Waals surface area contributed by atoms with Crippen molar-refractivity contribution >= 4 is 17.2 Å². The van der Waals surface area contributed by atoms with Crippen LogP contribution in [0.25, 0.3) is 16.3 Å². The fourth-order valence-electron chi connectivity index (χ4n) is 3.47. The Kier molecular flexibility index (Phi) is 5.11. The van der Waals surface area contributed by atoms with Gasteiger partial charge in [0.05, 0.1) is 24.0 Å². The summed E-state index contributed by atoms with van der Waals surface area (Å²) in [6.07, 6.45) is 4.46. The Bertz CT molecular complexity index is 995. The topological polar surface area (TPSA) is 71.2 Å². The van der Waals surface area contributed by atoms with Gasteiger partial charge in [-0.3, -0.25) is 4.79 Å². The Morgan fingerprint density at radius 2 is 2.14 bits per heavy atom. The first-order chi connectivity index (χ1) is 13.6. The van der Waals surface area contributed by atoms with Gasteiger partial charge in [0.2, 0.25) is 0 Å². The third-order valence-electron chi connectivity index (χ3n) is 5.04. The van der Waals surface area contributed by atoms with Gasteiger partial charge in [0.15, 0.2) is 0 Å². The van der Waals surface area contributed by atoms with Crippen molar-refractivity contribution in [2.45, 2.75) is 31.9 Å². The third kappa shape index (κ3) is 3.50.